The quantitative estimate of drug-likeness (QED) is 0.136. The van der Waals surface area contributed by atoms with Gasteiger partial charge in [0.05, 0.1) is 4.90 Å². The number of aromatic nitrogens is 1. The Kier molecular flexibility index (Phi) is 10.5. The standard InChI is InChI=1S/C40H45NO6S2/c1-29-9-22-38(30(2)27-29)49(42,43)47-48(36-18-12-33(13-19-36)45-39(3,4)5,37-20-14-34(15-21-37)46-40(6,7)8)35-16-10-32(11-17-35)44-28-31-23-25-41-26-24-31/h9-27H,28H2,1-8H3. The van der Waals surface area contributed by atoms with Crippen molar-refractivity contribution in [2.75, 3.05) is 0 Å². The van der Waals surface area contributed by atoms with Gasteiger partial charge in [0.25, 0.3) is 0 Å². The Hall–Kier alpha value is -4.31. The highest BCUT2D eigenvalue weighted by Gasteiger charge is 2.39. The lowest BCUT2D eigenvalue weighted by molar-refractivity contribution is 0.130. The molecule has 0 spiro atoms. The zero-order valence-electron chi connectivity index (χ0n) is 29.4. The number of benzene rings is 4. The van der Waals surface area contributed by atoms with E-state index in [9.17, 15) is 8.42 Å². The van der Waals surface area contributed by atoms with Crippen molar-refractivity contribution in [3.05, 3.63) is 132 Å². The van der Waals surface area contributed by atoms with Crippen molar-refractivity contribution in [3.63, 3.8) is 0 Å². The fourth-order valence-electron chi connectivity index (χ4n) is 5.26. The average Bonchev–Trinajstić information content (AvgIpc) is 3.03. The summed E-state index contributed by atoms with van der Waals surface area (Å²) in [6, 6.07) is 31.5. The first kappa shape index (κ1) is 36.0. The van der Waals surface area contributed by atoms with Crippen LogP contribution in [0.15, 0.2) is 135 Å². The topological polar surface area (TPSA) is 84.0 Å². The molecule has 0 aliphatic carbocycles. The Labute approximate surface area is 292 Å². The van der Waals surface area contributed by atoms with E-state index >= 15 is 0 Å². The smallest absolute Gasteiger partial charge is 0.307 e. The number of hydrogen-bond acceptors (Lipinski definition) is 7. The monoisotopic (exact) mass is 699 g/mol. The summed E-state index contributed by atoms with van der Waals surface area (Å²) in [6.45, 7) is 16.0. The largest absolute Gasteiger partial charge is 0.489 e. The lowest BCUT2D eigenvalue weighted by Gasteiger charge is -2.39. The van der Waals surface area contributed by atoms with Crippen LogP contribution in [0.2, 0.25) is 0 Å². The molecule has 0 amide bonds. The molecule has 4 aromatic carbocycles. The summed E-state index contributed by atoms with van der Waals surface area (Å²) < 4.78 is 53.9. The number of aryl methyl sites for hydroxylation is 2. The number of nitrogens with zero attached hydrogens (tertiary/aromatic N) is 1. The highest BCUT2D eigenvalue weighted by Crippen LogP contribution is 2.70. The van der Waals surface area contributed by atoms with Crippen LogP contribution in [0.25, 0.3) is 0 Å². The van der Waals surface area contributed by atoms with E-state index in [0.717, 1.165) is 11.1 Å². The number of rotatable bonds is 11. The molecule has 258 valence electrons. The third-order valence-electron chi connectivity index (χ3n) is 7.26. The van der Waals surface area contributed by atoms with Crippen LogP contribution < -0.4 is 14.2 Å². The Balaban J connectivity index is 1.69. The van der Waals surface area contributed by atoms with Crippen molar-refractivity contribution in [2.24, 2.45) is 0 Å². The zero-order valence-corrected chi connectivity index (χ0v) is 31.0. The van der Waals surface area contributed by atoms with Crippen LogP contribution in [-0.4, -0.2) is 24.6 Å². The molecule has 0 bridgehead atoms. The van der Waals surface area contributed by atoms with Gasteiger partial charge in [-0.25, -0.2) is 3.63 Å². The summed E-state index contributed by atoms with van der Waals surface area (Å²) in [6.07, 6.45) is 3.45. The highest BCUT2D eigenvalue weighted by atomic mass is 32.3. The van der Waals surface area contributed by atoms with Crippen molar-refractivity contribution >= 4 is 20.4 Å². The first-order chi connectivity index (χ1) is 23.0. The highest BCUT2D eigenvalue weighted by molar-refractivity contribution is 8.33. The molecule has 0 saturated heterocycles. The van der Waals surface area contributed by atoms with Crippen LogP contribution in [0.3, 0.4) is 0 Å². The molecule has 0 atom stereocenters. The van der Waals surface area contributed by atoms with Crippen LogP contribution in [-0.2, 0) is 20.4 Å². The van der Waals surface area contributed by atoms with E-state index in [4.69, 9.17) is 17.8 Å². The summed E-state index contributed by atoms with van der Waals surface area (Å²) >= 11 is 0. The second-order valence-electron chi connectivity index (χ2n) is 13.8. The maximum absolute atomic E-state index is 14.5. The van der Waals surface area contributed by atoms with E-state index in [2.05, 4.69) is 4.98 Å². The van der Waals surface area contributed by atoms with Gasteiger partial charge in [0.1, 0.15) is 35.1 Å². The van der Waals surface area contributed by atoms with Gasteiger partial charge in [-0.15, -0.1) is 0 Å². The fourth-order valence-corrected chi connectivity index (χ4v) is 10.6. The van der Waals surface area contributed by atoms with Crippen molar-refractivity contribution in [3.8, 4) is 17.2 Å². The fraction of sp³-hybridized carbons (Fsp3) is 0.275. The summed E-state index contributed by atoms with van der Waals surface area (Å²) in [5, 5.41) is 0. The van der Waals surface area contributed by atoms with Gasteiger partial charge in [-0.3, -0.25) is 4.98 Å². The summed E-state index contributed by atoms with van der Waals surface area (Å²) in [5.74, 6) is 1.96. The molecule has 1 aromatic heterocycles. The summed E-state index contributed by atoms with van der Waals surface area (Å²) in [5.41, 5.74) is 1.72. The molecule has 5 rings (SSSR count). The second-order valence-corrected chi connectivity index (χ2v) is 18.3. The molecule has 0 saturated carbocycles. The lowest BCUT2D eigenvalue weighted by atomic mass is 10.2. The number of ether oxygens (including phenoxy) is 3. The molecule has 0 aliphatic rings. The number of pyridine rings is 1. The first-order valence-corrected chi connectivity index (χ1v) is 19.1. The zero-order chi connectivity index (χ0) is 35.5. The Morgan fingerprint density at radius 1 is 0.592 bits per heavy atom. The van der Waals surface area contributed by atoms with Crippen LogP contribution in [0.4, 0.5) is 0 Å². The Morgan fingerprint density at radius 3 is 1.47 bits per heavy atom. The summed E-state index contributed by atoms with van der Waals surface area (Å²) in [4.78, 5) is 6.22. The van der Waals surface area contributed by atoms with E-state index in [1.807, 2.05) is 139 Å². The lowest BCUT2D eigenvalue weighted by Crippen LogP contribution is -2.23. The van der Waals surface area contributed by atoms with Gasteiger partial charge in [-0.2, -0.15) is 8.42 Å². The predicted molar refractivity (Wildman–Crippen MR) is 195 cm³/mol. The van der Waals surface area contributed by atoms with Gasteiger partial charge in [0.15, 0.2) is 0 Å². The van der Waals surface area contributed by atoms with Crippen LogP contribution in [0.1, 0.15) is 58.2 Å². The maximum atomic E-state index is 14.5. The van der Waals surface area contributed by atoms with Crippen molar-refractivity contribution < 1.29 is 26.3 Å². The van der Waals surface area contributed by atoms with Gasteiger partial charge in [0.2, 0.25) is 0 Å². The molecule has 0 aliphatic heterocycles. The Bertz CT molecular complexity index is 1900. The van der Waals surface area contributed by atoms with Crippen molar-refractivity contribution in [1.82, 2.24) is 4.98 Å². The molecule has 49 heavy (non-hydrogen) atoms. The minimum absolute atomic E-state index is 0.118. The van der Waals surface area contributed by atoms with E-state index in [0.29, 0.717) is 44.1 Å². The SMILES string of the molecule is Cc1ccc(S(=O)(=O)OS(c2ccc(OCc3ccncc3)cc2)(c2ccc(OC(C)(C)C)cc2)c2ccc(OC(C)(C)C)cc2)c(C)c1. The minimum atomic E-state index is -4.31. The second kappa shape index (κ2) is 14.3. The molecule has 5 aromatic rings. The first-order valence-electron chi connectivity index (χ1n) is 16.1. The van der Waals surface area contributed by atoms with Gasteiger partial charge in [0, 0.05) is 27.1 Å². The average molecular weight is 700 g/mol. The molecule has 0 fully saturated rings. The van der Waals surface area contributed by atoms with Crippen LogP contribution in [0, 0.1) is 13.8 Å². The molecule has 7 nitrogen and oxygen atoms in total. The normalized spacial score (nSPS) is 12.7. The molecule has 0 N–H and O–H groups in total. The summed E-state index contributed by atoms with van der Waals surface area (Å²) in [7, 11) is -7.24. The van der Waals surface area contributed by atoms with Crippen LogP contribution >= 0.6 is 10.3 Å². The molecule has 0 unspecified atom stereocenters. The Morgan fingerprint density at radius 2 is 1.04 bits per heavy atom. The van der Waals surface area contributed by atoms with Crippen molar-refractivity contribution in [1.29, 1.82) is 0 Å². The van der Waals surface area contributed by atoms with E-state index < -0.39 is 31.6 Å². The van der Waals surface area contributed by atoms with Gasteiger partial charge >= 0.3 is 10.1 Å². The predicted octanol–water partition coefficient (Wildman–Crippen LogP) is 10.2. The minimum Gasteiger partial charge on any atom is -0.489 e. The van der Waals surface area contributed by atoms with Gasteiger partial charge < -0.3 is 14.2 Å². The molecule has 1 heterocycles. The van der Waals surface area contributed by atoms with Crippen molar-refractivity contribution in [2.45, 2.75) is 92.8 Å². The molecule has 0 radical (unpaired) electrons. The molecular formula is C40H45NO6S2. The van der Waals surface area contributed by atoms with Gasteiger partial charge in [-0.05, 0) is 168 Å². The third kappa shape index (κ3) is 9.03. The van der Waals surface area contributed by atoms with E-state index in [1.54, 1.807) is 31.5 Å². The van der Waals surface area contributed by atoms with E-state index in [-0.39, 0.29) is 4.90 Å². The maximum Gasteiger partial charge on any atom is 0.307 e. The number of hydrogen-bond donors (Lipinski definition) is 0. The molecule has 9 heteroatoms. The molecular weight excluding hydrogens is 655 g/mol. The van der Waals surface area contributed by atoms with Crippen LogP contribution in [0.5, 0.6) is 17.2 Å². The van der Waals surface area contributed by atoms with E-state index in [1.165, 1.54) is 0 Å². The van der Waals surface area contributed by atoms with Gasteiger partial charge in [-0.1, -0.05) is 17.7 Å². The third-order valence-corrected chi connectivity index (χ3v) is 12.6.